The molecule has 2 N–H and O–H groups in total. The molecule has 1 unspecified atom stereocenters. The van der Waals surface area contributed by atoms with E-state index in [4.69, 9.17) is 0 Å². The molecule has 1 aliphatic carbocycles. The van der Waals surface area contributed by atoms with Crippen molar-refractivity contribution in [1.82, 2.24) is 4.90 Å². The smallest absolute Gasteiger partial charge is 0.115 e. The van der Waals surface area contributed by atoms with Gasteiger partial charge in [0.25, 0.3) is 0 Å². The van der Waals surface area contributed by atoms with Gasteiger partial charge >= 0.3 is 0 Å². The topological polar surface area (TPSA) is 43.7 Å². The maximum absolute atomic E-state index is 9.88. The lowest BCUT2D eigenvalue weighted by atomic mass is 9.86. The SMILES string of the molecule is Cl.OCCC/C(=C(\c1ccc(O)cc1)c1ccc(C2CCN(C3CC3)C2)cc1)c1ccccc1. The Labute approximate surface area is 209 Å². The van der Waals surface area contributed by atoms with Crippen LogP contribution in [0.3, 0.4) is 0 Å². The number of benzene rings is 3. The number of hydrogen-bond acceptors (Lipinski definition) is 3. The zero-order valence-electron chi connectivity index (χ0n) is 19.6. The van der Waals surface area contributed by atoms with Gasteiger partial charge in [0.15, 0.2) is 0 Å². The minimum Gasteiger partial charge on any atom is -0.508 e. The highest BCUT2D eigenvalue weighted by molar-refractivity contribution is 5.98. The van der Waals surface area contributed by atoms with Crippen LogP contribution < -0.4 is 0 Å². The highest BCUT2D eigenvalue weighted by Crippen LogP contribution is 2.38. The number of aliphatic hydroxyl groups excluding tert-OH is 1. The van der Waals surface area contributed by atoms with Crippen LogP contribution in [-0.2, 0) is 0 Å². The molecule has 3 aromatic rings. The van der Waals surface area contributed by atoms with Crippen LogP contribution in [0.15, 0.2) is 78.9 Å². The van der Waals surface area contributed by atoms with E-state index in [1.54, 1.807) is 12.1 Å². The van der Waals surface area contributed by atoms with Crippen LogP contribution in [0, 0.1) is 0 Å². The molecule has 178 valence electrons. The first-order chi connectivity index (χ1) is 16.2. The van der Waals surface area contributed by atoms with Crippen molar-refractivity contribution in [3.05, 3.63) is 101 Å². The fourth-order valence-corrected chi connectivity index (χ4v) is 5.20. The van der Waals surface area contributed by atoms with E-state index in [9.17, 15) is 10.2 Å². The fraction of sp³-hybridized carbons (Fsp3) is 0.333. The second kappa shape index (κ2) is 11.2. The van der Waals surface area contributed by atoms with Gasteiger partial charge in [-0.15, -0.1) is 12.4 Å². The van der Waals surface area contributed by atoms with E-state index in [2.05, 4.69) is 53.4 Å². The molecule has 1 saturated heterocycles. The molecule has 1 atom stereocenters. The largest absolute Gasteiger partial charge is 0.508 e. The number of halogens is 1. The molecule has 34 heavy (non-hydrogen) atoms. The number of allylic oxidation sites excluding steroid dienone is 1. The maximum atomic E-state index is 9.88. The molecule has 0 amide bonds. The summed E-state index contributed by atoms with van der Waals surface area (Å²) in [4.78, 5) is 2.67. The Hall–Kier alpha value is -2.59. The third-order valence-electron chi connectivity index (χ3n) is 7.12. The lowest BCUT2D eigenvalue weighted by molar-refractivity contribution is 0.290. The molecule has 5 rings (SSSR count). The minimum atomic E-state index is 0. The van der Waals surface area contributed by atoms with Crippen LogP contribution in [0.5, 0.6) is 5.75 Å². The number of hydrogen-bond donors (Lipinski definition) is 2. The average Bonchev–Trinajstić information content (AvgIpc) is 3.60. The van der Waals surface area contributed by atoms with Gasteiger partial charge in [-0.1, -0.05) is 66.7 Å². The van der Waals surface area contributed by atoms with E-state index in [-0.39, 0.29) is 24.8 Å². The van der Waals surface area contributed by atoms with Crippen molar-refractivity contribution >= 4 is 23.6 Å². The lowest BCUT2D eigenvalue weighted by Gasteiger charge is -2.19. The predicted molar refractivity (Wildman–Crippen MR) is 142 cm³/mol. The van der Waals surface area contributed by atoms with Gasteiger partial charge in [-0.25, -0.2) is 0 Å². The first-order valence-electron chi connectivity index (χ1n) is 12.3. The summed E-state index contributed by atoms with van der Waals surface area (Å²) in [7, 11) is 0. The molecule has 2 fully saturated rings. The molecular weight excluding hydrogens is 442 g/mol. The van der Waals surface area contributed by atoms with Gasteiger partial charge in [-0.05, 0) is 90.1 Å². The lowest BCUT2D eigenvalue weighted by Crippen LogP contribution is -2.22. The highest BCUT2D eigenvalue weighted by Gasteiger charge is 2.34. The van der Waals surface area contributed by atoms with Gasteiger partial charge in [0.1, 0.15) is 5.75 Å². The van der Waals surface area contributed by atoms with Crippen molar-refractivity contribution in [2.75, 3.05) is 19.7 Å². The number of phenols is 1. The monoisotopic (exact) mass is 475 g/mol. The van der Waals surface area contributed by atoms with Crippen molar-refractivity contribution in [3.63, 3.8) is 0 Å². The molecule has 2 aliphatic rings. The first-order valence-corrected chi connectivity index (χ1v) is 12.3. The summed E-state index contributed by atoms with van der Waals surface area (Å²) in [6.45, 7) is 2.59. The van der Waals surface area contributed by atoms with Crippen LogP contribution in [0.4, 0.5) is 0 Å². The van der Waals surface area contributed by atoms with Crippen molar-refractivity contribution in [1.29, 1.82) is 0 Å². The number of aromatic hydroxyl groups is 1. The molecule has 3 nitrogen and oxygen atoms in total. The molecule has 0 spiro atoms. The fourth-order valence-electron chi connectivity index (χ4n) is 5.20. The Morgan fingerprint density at radius 3 is 2.06 bits per heavy atom. The number of rotatable bonds is 8. The Kier molecular flexibility index (Phi) is 8.10. The van der Waals surface area contributed by atoms with Gasteiger partial charge in [0, 0.05) is 19.2 Å². The summed E-state index contributed by atoms with van der Waals surface area (Å²) in [6.07, 6.45) is 5.51. The number of phenolic OH excluding ortho intramolecular Hbond substituents is 1. The third-order valence-corrected chi connectivity index (χ3v) is 7.12. The Morgan fingerprint density at radius 2 is 1.44 bits per heavy atom. The van der Waals surface area contributed by atoms with Gasteiger partial charge in [-0.3, -0.25) is 4.90 Å². The standard InChI is InChI=1S/C30H33NO2.ClH/c32-20-4-7-29(23-5-2-1-3-6-23)30(25-12-16-28(33)17-13-25)24-10-8-22(9-11-24)26-18-19-31(21-26)27-14-15-27;/h1-3,5-6,8-13,16-17,26-27,32-33H,4,7,14-15,18-21H2;1H/b30-29+;. The Bertz CT molecular complexity index is 1090. The van der Waals surface area contributed by atoms with Crippen LogP contribution in [0.2, 0.25) is 0 Å². The number of likely N-dealkylation sites (tertiary alicyclic amines) is 1. The van der Waals surface area contributed by atoms with E-state index in [1.807, 2.05) is 18.2 Å². The molecule has 1 heterocycles. The van der Waals surface area contributed by atoms with Gasteiger partial charge < -0.3 is 10.2 Å². The second-order valence-corrected chi connectivity index (χ2v) is 9.43. The number of aliphatic hydroxyl groups is 1. The van der Waals surface area contributed by atoms with Crippen molar-refractivity contribution in [3.8, 4) is 5.75 Å². The summed E-state index contributed by atoms with van der Waals surface area (Å²) >= 11 is 0. The molecule has 1 aliphatic heterocycles. The molecule has 4 heteroatoms. The van der Waals surface area contributed by atoms with E-state index < -0.39 is 0 Å². The summed E-state index contributed by atoms with van der Waals surface area (Å²) in [5, 5.41) is 19.5. The first kappa shape index (κ1) is 24.5. The van der Waals surface area contributed by atoms with Crippen molar-refractivity contribution in [2.24, 2.45) is 0 Å². The van der Waals surface area contributed by atoms with Gasteiger partial charge in [0.05, 0.1) is 0 Å². The van der Waals surface area contributed by atoms with E-state index >= 15 is 0 Å². The molecule has 0 radical (unpaired) electrons. The third kappa shape index (κ3) is 5.55. The Morgan fingerprint density at radius 1 is 0.794 bits per heavy atom. The summed E-state index contributed by atoms with van der Waals surface area (Å²) < 4.78 is 0. The molecular formula is C30H34ClNO2. The summed E-state index contributed by atoms with van der Waals surface area (Å²) in [5.41, 5.74) is 7.27. The van der Waals surface area contributed by atoms with E-state index in [0.717, 1.165) is 18.0 Å². The molecule has 1 saturated carbocycles. The zero-order valence-corrected chi connectivity index (χ0v) is 20.4. The van der Waals surface area contributed by atoms with Crippen LogP contribution in [0.25, 0.3) is 11.1 Å². The summed E-state index contributed by atoms with van der Waals surface area (Å²) in [5.74, 6) is 0.898. The van der Waals surface area contributed by atoms with Crippen LogP contribution in [-0.4, -0.2) is 40.9 Å². The quantitative estimate of drug-likeness (QED) is 0.365. The van der Waals surface area contributed by atoms with Crippen LogP contribution in [0.1, 0.15) is 60.3 Å². The van der Waals surface area contributed by atoms with Crippen LogP contribution >= 0.6 is 12.4 Å². The zero-order chi connectivity index (χ0) is 22.6. The van der Waals surface area contributed by atoms with E-state index in [0.29, 0.717) is 12.3 Å². The Balaban J connectivity index is 0.00000274. The highest BCUT2D eigenvalue weighted by atomic mass is 35.5. The van der Waals surface area contributed by atoms with Crippen molar-refractivity contribution < 1.29 is 10.2 Å². The second-order valence-electron chi connectivity index (χ2n) is 9.43. The average molecular weight is 476 g/mol. The normalized spacial score (nSPS) is 18.9. The minimum absolute atomic E-state index is 0. The van der Waals surface area contributed by atoms with Gasteiger partial charge in [0.2, 0.25) is 0 Å². The van der Waals surface area contributed by atoms with Crippen molar-refractivity contribution in [2.45, 2.75) is 44.1 Å². The number of nitrogens with zero attached hydrogens (tertiary/aromatic N) is 1. The van der Waals surface area contributed by atoms with E-state index in [1.165, 1.54) is 60.2 Å². The molecule has 0 aromatic heterocycles. The predicted octanol–water partition coefficient (Wildman–Crippen LogP) is 6.50. The maximum Gasteiger partial charge on any atom is 0.115 e. The van der Waals surface area contributed by atoms with Gasteiger partial charge in [-0.2, -0.15) is 0 Å². The summed E-state index contributed by atoms with van der Waals surface area (Å²) in [6, 6.07) is 27.9. The molecule has 3 aromatic carbocycles. The molecule has 0 bridgehead atoms.